The Kier molecular flexibility index (Phi) is 9.12. The normalized spacial score (nSPS) is 14.8. The smallest absolute Gasteiger partial charge is 0.355 e. The van der Waals surface area contributed by atoms with Crippen molar-refractivity contribution in [1.29, 1.82) is 5.26 Å². The molecule has 0 bridgehead atoms. The molecule has 0 radical (unpaired) electrons. The quantitative estimate of drug-likeness (QED) is 0.364. The maximum absolute atomic E-state index is 12.8. The molecular formula is C24H28F2N6O2S2. The second-order valence-electron chi connectivity index (χ2n) is 8.39. The van der Waals surface area contributed by atoms with Crippen LogP contribution in [-0.4, -0.2) is 64.3 Å². The van der Waals surface area contributed by atoms with Crippen LogP contribution >= 0.6 is 11.8 Å². The number of aromatic nitrogens is 1. The van der Waals surface area contributed by atoms with Crippen LogP contribution in [-0.2, 0) is 22.2 Å². The largest absolute Gasteiger partial charge is 0.364 e. The van der Waals surface area contributed by atoms with Crippen molar-refractivity contribution in [2.75, 3.05) is 49.5 Å². The minimum atomic E-state index is -4.73. The molecule has 3 rings (SSSR count). The van der Waals surface area contributed by atoms with Crippen LogP contribution in [0.5, 0.6) is 0 Å². The lowest BCUT2D eigenvalue weighted by atomic mass is 10.1. The van der Waals surface area contributed by atoms with Crippen LogP contribution in [0, 0.1) is 17.9 Å². The van der Waals surface area contributed by atoms with E-state index in [1.807, 2.05) is 6.92 Å². The van der Waals surface area contributed by atoms with Gasteiger partial charge in [0.05, 0.1) is 17.8 Å². The van der Waals surface area contributed by atoms with Gasteiger partial charge >= 0.3 is 5.76 Å². The Balaban J connectivity index is 1.89. The Morgan fingerprint density at radius 1 is 1.25 bits per heavy atom. The molecule has 2 heterocycles. The van der Waals surface area contributed by atoms with Crippen LogP contribution < -0.4 is 9.21 Å². The van der Waals surface area contributed by atoms with E-state index in [9.17, 15) is 22.5 Å². The van der Waals surface area contributed by atoms with Crippen molar-refractivity contribution in [2.24, 2.45) is 0 Å². The zero-order valence-corrected chi connectivity index (χ0v) is 22.0. The average molecular weight is 535 g/mol. The van der Waals surface area contributed by atoms with Crippen LogP contribution in [0.15, 0.2) is 29.3 Å². The molecule has 192 valence electrons. The third kappa shape index (κ3) is 5.89. The van der Waals surface area contributed by atoms with Gasteiger partial charge in [-0.05, 0) is 49.7 Å². The fourth-order valence-corrected chi connectivity index (χ4v) is 5.58. The summed E-state index contributed by atoms with van der Waals surface area (Å²) in [6.45, 7) is 13.0. The molecule has 0 amide bonds. The summed E-state index contributed by atoms with van der Waals surface area (Å²) >= 11 is 1.36. The zero-order chi connectivity index (χ0) is 26.5. The maximum atomic E-state index is 12.8. The summed E-state index contributed by atoms with van der Waals surface area (Å²) < 4.78 is 49.7. The Hall–Kier alpha value is -2.93. The molecule has 0 N–H and O–H groups in total. The van der Waals surface area contributed by atoms with Crippen molar-refractivity contribution in [1.82, 2.24) is 9.88 Å². The Labute approximate surface area is 215 Å². The van der Waals surface area contributed by atoms with Crippen molar-refractivity contribution in [2.45, 2.75) is 36.3 Å². The molecule has 1 fully saturated rings. The van der Waals surface area contributed by atoms with E-state index in [2.05, 4.69) is 27.8 Å². The Bertz CT molecular complexity index is 1270. The zero-order valence-electron chi connectivity index (χ0n) is 20.4. The first-order chi connectivity index (χ1) is 17.1. The van der Waals surface area contributed by atoms with E-state index >= 15 is 0 Å². The van der Waals surface area contributed by atoms with Gasteiger partial charge in [0.2, 0.25) is 5.69 Å². The first-order valence-electron chi connectivity index (χ1n) is 11.4. The molecule has 0 saturated carbocycles. The number of pyridine rings is 1. The number of anilines is 2. The highest BCUT2D eigenvalue weighted by Gasteiger charge is 2.29. The van der Waals surface area contributed by atoms with Gasteiger partial charge in [0.15, 0.2) is 0 Å². The monoisotopic (exact) mass is 534 g/mol. The summed E-state index contributed by atoms with van der Waals surface area (Å²) in [5, 5.41) is 10.4. The molecule has 1 saturated heterocycles. The number of likely N-dealkylation sites (N-methyl/N-ethyl adjacent to an activating group) is 1. The third-order valence-electron chi connectivity index (χ3n) is 6.10. The van der Waals surface area contributed by atoms with Gasteiger partial charge in [0.1, 0.15) is 16.9 Å². The van der Waals surface area contributed by atoms with Gasteiger partial charge in [0, 0.05) is 32.4 Å². The summed E-state index contributed by atoms with van der Waals surface area (Å²) in [5.74, 6) is -2.47. The van der Waals surface area contributed by atoms with Gasteiger partial charge in [-0.2, -0.15) is 14.0 Å². The van der Waals surface area contributed by atoms with Gasteiger partial charge < -0.3 is 9.80 Å². The third-order valence-corrected chi connectivity index (χ3v) is 8.57. The lowest BCUT2D eigenvalue weighted by Crippen LogP contribution is -2.31. The number of halogens is 2. The minimum Gasteiger partial charge on any atom is -0.364 e. The van der Waals surface area contributed by atoms with Crippen molar-refractivity contribution in [3.63, 3.8) is 0 Å². The molecule has 12 heteroatoms. The molecule has 1 aromatic heterocycles. The highest BCUT2D eigenvalue weighted by Crippen LogP contribution is 2.39. The highest BCUT2D eigenvalue weighted by molar-refractivity contribution is 7.98. The second kappa shape index (κ2) is 11.9. The molecule has 36 heavy (non-hydrogen) atoms. The second-order valence-corrected chi connectivity index (χ2v) is 11.3. The van der Waals surface area contributed by atoms with Gasteiger partial charge in [-0.3, -0.25) is 4.31 Å². The predicted molar refractivity (Wildman–Crippen MR) is 138 cm³/mol. The summed E-state index contributed by atoms with van der Waals surface area (Å²) in [4.78, 5) is 12.9. The SMILES string of the molecule is [C-]#[N+]c1c(N2CCCN(C)CC2)nc(SCc2ccc(N(C)S(=O)(=O)C(F)F)cc2)c(C#N)c1CC. The molecule has 1 aliphatic heterocycles. The summed E-state index contributed by atoms with van der Waals surface area (Å²) in [6.07, 6.45) is 1.47. The molecular weight excluding hydrogens is 506 g/mol. The molecule has 0 atom stereocenters. The van der Waals surface area contributed by atoms with E-state index in [0.717, 1.165) is 45.2 Å². The lowest BCUT2D eigenvalue weighted by molar-refractivity contribution is 0.234. The van der Waals surface area contributed by atoms with Crippen LogP contribution in [0.4, 0.5) is 26.0 Å². The first kappa shape index (κ1) is 27.7. The topological polar surface area (TPSA) is 84.9 Å². The van der Waals surface area contributed by atoms with Crippen molar-refractivity contribution >= 4 is 39.0 Å². The van der Waals surface area contributed by atoms with Gasteiger partial charge in [0.25, 0.3) is 10.0 Å². The summed E-state index contributed by atoms with van der Waals surface area (Å²) in [6, 6.07) is 8.48. The molecule has 1 aromatic carbocycles. The van der Waals surface area contributed by atoms with Gasteiger partial charge in [-0.15, -0.1) is 11.8 Å². The van der Waals surface area contributed by atoms with E-state index in [1.54, 1.807) is 12.1 Å². The summed E-state index contributed by atoms with van der Waals surface area (Å²) in [5.41, 5.74) is 2.44. The van der Waals surface area contributed by atoms with Crippen molar-refractivity contribution in [3.05, 3.63) is 52.4 Å². The molecule has 8 nitrogen and oxygen atoms in total. The predicted octanol–water partition coefficient (Wildman–Crippen LogP) is 4.49. The number of rotatable bonds is 8. The fraction of sp³-hybridized carbons (Fsp3) is 0.458. The van der Waals surface area contributed by atoms with Crippen LogP contribution in [0.2, 0.25) is 0 Å². The number of alkyl halides is 2. The molecule has 0 aliphatic carbocycles. The molecule has 1 aliphatic rings. The first-order valence-corrected chi connectivity index (χ1v) is 13.9. The van der Waals surface area contributed by atoms with E-state index < -0.39 is 15.8 Å². The fourth-order valence-electron chi connectivity index (χ4n) is 3.97. The number of nitriles is 1. The highest BCUT2D eigenvalue weighted by atomic mass is 32.2. The minimum absolute atomic E-state index is 0.128. The number of hydrogen-bond donors (Lipinski definition) is 0. The van der Waals surface area contributed by atoms with Gasteiger partial charge in [-0.1, -0.05) is 19.1 Å². The van der Waals surface area contributed by atoms with E-state index in [4.69, 9.17) is 11.6 Å². The average Bonchev–Trinajstić information content (AvgIpc) is 3.10. The Morgan fingerprint density at radius 3 is 2.53 bits per heavy atom. The van der Waals surface area contributed by atoms with Crippen LogP contribution in [0.1, 0.15) is 30.0 Å². The maximum Gasteiger partial charge on any atom is 0.355 e. The van der Waals surface area contributed by atoms with E-state index in [1.165, 1.54) is 23.9 Å². The van der Waals surface area contributed by atoms with Gasteiger partial charge in [-0.25, -0.2) is 18.2 Å². The molecule has 0 unspecified atom stereocenters. The molecule has 2 aromatic rings. The number of hydrogen-bond acceptors (Lipinski definition) is 7. The number of nitrogens with zero attached hydrogens (tertiary/aromatic N) is 6. The Morgan fingerprint density at radius 2 is 1.94 bits per heavy atom. The number of thioether (sulfide) groups is 1. The van der Waals surface area contributed by atoms with E-state index in [0.29, 0.717) is 44.1 Å². The van der Waals surface area contributed by atoms with Crippen molar-refractivity contribution < 1.29 is 17.2 Å². The summed E-state index contributed by atoms with van der Waals surface area (Å²) in [7, 11) is -1.58. The number of sulfonamides is 1. The van der Waals surface area contributed by atoms with Crippen molar-refractivity contribution in [3.8, 4) is 6.07 Å². The lowest BCUT2D eigenvalue weighted by Gasteiger charge is -2.25. The van der Waals surface area contributed by atoms with Crippen LogP contribution in [0.3, 0.4) is 0 Å². The van der Waals surface area contributed by atoms with Crippen LogP contribution in [0.25, 0.3) is 4.85 Å². The molecule has 0 spiro atoms. The van der Waals surface area contributed by atoms with E-state index in [-0.39, 0.29) is 5.69 Å². The standard InChI is InChI=1S/C24H28F2N6O2S2/c1-5-19-20(15-27)23(29-22(21(19)28-2)32-12-6-11-30(3)13-14-32)35-16-17-7-9-18(10-8-17)31(4)36(33,34)24(25)26/h7-10,24H,5-6,11-14,16H2,1,3-4H3. The number of benzene rings is 1.